The van der Waals surface area contributed by atoms with Crippen LogP contribution in [0.3, 0.4) is 0 Å². The predicted molar refractivity (Wildman–Crippen MR) is 48.3 cm³/mol. The van der Waals surface area contributed by atoms with Gasteiger partial charge in [0.05, 0.1) is 0 Å². The van der Waals surface area contributed by atoms with Gasteiger partial charge in [0.15, 0.2) is 0 Å². The Bertz CT molecular complexity index is 237. The maximum Gasteiger partial charge on any atom is -0.0188 e. The molecule has 0 bridgehead atoms. The maximum absolute atomic E-state index is 2.33. The first-order chi connectivity index (χ1) is 5.38. The van der Waals surface area contributed by atoms with E-state index in [0.29, 0.717) is 0 Å². The lowest BCUT2D eigenvalue weighted by molar-refractivity contribution is 0.638. The standard InChI is InChI=1S/C11H14/c1-9-5-4-7-10-6-2-3-8-11(9)10/h2,4,6-7,9H,3,5,8H2,1H3. The van der Waals surface area contributed by atoms with Gasteiger partial charge < -0.3 is 0 Å². The van der Waals surface area contributed by atoms with Crippen LogP contribution in [-0.2, 0) is 0 Å². The summed E-state index contributed by atoms with van der Waals surface area (Å²) in [4.78, 5) is 0. The monoisotopic (exact) mass is 146 g/mol. The van der Waals surface area contributed by atoms with E-state index in [1.54, 1.807) is 5.57 Å². The van der Waals surface area contributed by atoms with E-state index in [-0.39, 0.29) is 0 Å². The van der Waals surface area contributed by atoms with E-state index in [2.05, 4.69) is 31.2 Å². The zero-order valence-electron chi connectivity index (χ0n) is 7.01. The van der Waals surface area contributed by atoms with Crippen LogP contribution in [-0.4, -0.2) is 0 Å². The summed E-state index contributed by atoms with van der Waals surface area (Å²) in [6.45, 7) is 2.33. The fraction of sp³-hybridized carbons (Fsp3) is 0.455. The Morgan fingerprint density at radius 2 is 2.09 bits per heavy atom. The van der Waals surface area contributed by atoms with Gasteiger partial charge in [-0.15, -0.1) is 0 Å². The third kappa shape index (κ3) is 1.18. The van der Waals surface area contributed by atoms with Gasteiger partial charge in [0.1, 0.15) is 0 Å². The van der Waals surface area contributed by atoms with Gasteiger partial charge in [0.25, 0.3) is 0 Å². The summed E-state index contributed by atoms with van der Waals surface area (Å²) >= 11 is 0. The summed E-state index contributed by atoms with van der Waals surface area (Å²) in [5.74, 6) is 0.792. The highest BCUT2D eigenvalue weighted by Crippen LogP contribution is 2.31. The molecule has 0 saturated carbocycles. The molecular formula is C11H14. The summed E-state index contributed by atoms with van der Waals surface area (Å²) in [6.07, 6.45) is 12.9. The van der Waals surface area contributed by atoms with Crippen LogP contribution in [0.1, 0.15) is 26.2 Å². The summed E-state index contributed by atoms with van der Waals surface area (Å²) in [6, 6.07) is 0. The van der Waals surface area contributed by atoms with Gasteiger partial charge in [0, 0.05) is 0 Å². The zero-order chi connectivity index (χ0) is 7.68. The molecule has 0 spiro atoms. The first-order valence-electron chi connectivity index (χ1n) is 4.44. The van der Waals surface area contributed by atoms with Crippen LogP contribution in [0.25, 0.3) is 0 Å². The van der Waals surface area contributed by atoms with Crippen molar-refractivity contribution < 1.29 is 0 Å². The minimum Gasteiger partial charge on any atom is -0.0836 e. The topological polar surface area (TPSA) is 0 Å². The lowest BCUT2D eigenvalue weighted by Gasteiger charge is -2.22. The predicted octanol–water partition coefficient (Wildman–Crippen LogP) is 3.23. The Hall–Kier alpha value is -0.780. The first kappa shape index (κ1) is 6.90. The number of hydrogen-bond acceptors (Lipinski definition) is 0. The van der Waals surface area contributed by atoms with Gasteiger partial charge in [-0.05, 0) is 30.8 Å². The van der Waals surface area contributed by atoms with Gasteiger partial charge >= 0.3 is 0 Å². The van der Waals surface area contributed by atoms with Crippen molar-refractivity contribution in [1.29, 1.82) is 0 Å². The fourth-order valence-electron chi connectivity index (χ4n) is 1.94. The average molecular weight is 146 g/mol. The molecule has 0 amide bonds. The van der Waals surface area contributed by atoms with Crippen molar-refractivity contribution in [3.63, 3.8) is 0 Å². The molecule has 11 heavy (non-hydrogen) atoms. The minimum atomic E-state index is 0.792. The van der Waals surface area contributed by atoms with Gasteiger partial charge in [0.2, 0.25) is 0 Å². The molecule has 58 valence electrons. The summed E-state index contributed by atoms with van der Waals surface area (Å²) in [5.41, 5.74) is 3.16. The van der Waals surface area contributed by atoms with Crippen molar-refractivity contribution in [2.75, 3.05) is 0 Å². The molecular weight excluding hydrogens is 132 g/mol. The van der Waals surface area contributed by atoms with E-state index in [9.17, 15) is 0 Å². The van der Waals surface area contributed by atoms with Crippen LogP contribution >= 0.6 is 0 Å². The molecule has 0 aromatic carbocycles. The lowest BCUT2D eigenvalue weighted by atomic mass is 9.83. The molecule has 0 fully saturated rings. The Balaban J connectivity index is 2.35. The highest BCUT2D eigenvalue weighted by molar-refractivity contribution is 5.41. The van der Waals surface area contributed by atoms with E-state index < -0.39 is 0 Å². The molecule has 0 aromatic heterocycles. The second kappa shape index (κ2) is 2.69. The van der Waals surface area contributed by atoms with Crippen molar-refractivity contribution in [3.05, 3.63) is 35.5 Å². The van der Waals surface area contributed by atoms with Crippen LogP contribution in [0.5, 0.6) is 0 Å². The second-order valence-corrected chi connectivity index (χ2v) is 3.46. The smallest absolute Gasteiger partial charge is 0.0188 e. The molecule has 0 nitrogen and oxygen atoms in total. The Morgan fingerprint density at radius 1 is 1.27 bits per heavy atom. The molecule has 0 N–H and O–H groups in total. The molecule has 1 atom stereocenters. The van der Waals surface area contributed by atoms with Crippen molar-refractivity contribution >= 4 is 0 Å². The third-order valence-electron chi connectivity index (χ3n) is 2.63. The fourth-order valence-corrected chi connectivity index (χ4v) is 1.94. The lowest BCUT2D eigenvalue weighted by Crippen LogP contribution is -2.06. The number of allylic oxidation sites excluding steroid dienone is 6. The second-order valence-electron chi connectivity index (χ2n) is 3.46. The molecule has 0 heterocycles. The van der Waals surface area contributed by atoms with Gasteiger partial charge in [-0.3, -0.25) is 0 Å². The molecule has 0 aliphatic heterocycles. The highest BCUT2D eigenvalue weighted by Gasteiger charge is 2.15. The van der Waals surface area contributed by atoms with Gasteiger partial charge in [-0.1, -0.05) is 36.8 Å². The molecule has 0 aromatic rings. The van der Waals surface area contributed by atoms with Gasteiger partial charge in [-0.25, -0.2) is 0 Å². The quantitative estimate of drug-likeness (QED) is 0.492. The Labute approximate surface area is 68.3 Å². The molecule has 1 unspecified atom stereocenters. The van der Waals surface area contributed by atoms with Crippen LogP contribution in [0.2, 0.25) is 0 Å². The molecule has 0 saturated heterocycles. The third-order valence-corrected chi connectivity index (χ3v) is 2.63. The highest BCUT2D eigenvalue weighted by atomic mass is 14.2. The molecule has 2 aliphatic carbocycles. The summed E-state index contributed by atoms with van der Waals surface area (Å²) < 4.78 is 0. The minimum absolute atomic E-state index is 0.792. The SMILES string of the molecule is CC1CC=CC2=C1CCC=C2. The van der Waals surface area contributed by atoms with Gasteiger partial charge in [-0.2, -0.15) is 0 Å². The largest absolute Gasteiger partial charge is 0.0836 e. The molecule has 0 radical (unpaired) electrons. The van der Waals surface area contributed by atoms with Crippen LogP contribution in [0.15, 0.2) is 35.5 Å². The number of rotatable bonds is 0. The summed E-state index contributed by atoms with van der Waals surface area (Å²) in [7, 11) is 0. The van der Waals surface area contributed by atoms with Crippen molar-refractivity contribution in [2.24, 2.45) is 5.92 Å². The zero-order valence-corrected chi connectivity index (χ0v) is 7.01. The molecule has 0 heteroatoms. The molecule has 2 aliphatic rings. The van der Waals surface area contributed by atoms with E-state index in [4.69, 9.17) is 0 Å². The Morgan fingerprint density at radius 3 is 2.91 bits per heavy atom. The normalized spacial score (nSPS) is 29.0. The van der Waals surface area contributed by atoms with E-state index >= 15 is 0 Å². The van der Waals surface area contributed by atoms with Crippen LogP contribution < -0.4 is 0 Å². The van der Waals surface area contributed by atoms with E-state index in [1.807, 2.05) is 0 Å². The maximum atomic E-state index is 2.33. The average Bonchev–Trinajstić information content (AvgIpc) is 2.06. The number of hydrogen-bond donors (Lipinski definition) is 0. The summed E-state index contributed by atoms with van der Waals surface area (Å²) in [5, 5.41) is 0. The van der Waals surface area contributed by atoms with E-state index in [1.165, 1.54) is 24.8 Å². The first-order valence-corrected chi connectivity index (χ1v) is 4.44. The van der Waals surface area contributed by atoms with Crippen LogP contribution in [0, 0.1) is 5.92 Å². The molecule has 2 rings (SSSR count). The van der Waals surface area contributed by atoms with Crippen molar-refractivity contribution in [3.8, 4) is 0 Å². The Kier molecular flexibility index (Phi) is 1.69. The van der Waals surface area contributed by atoms with Crippen LogP contribution in [0.4, 0.5) is 0 Å². The van der Waals surface area contributed by atoms with E-state index in [0.717, 1.165) is 5.92 Å². The van der Waals surface area contributed by atoms with Crippen molar-refractivity contribution in [2.45, 2.75) is 26.2 Å². The van der Waals surface area contributed by atoms with Crippen molar-refractivity contribution in [1.82, 2.24) is 0 Å².